The van der Waals surface area contributed by atoms with E-state index in [1.165, 1.54) is 0 Å². The van der Waals surface area contributed by atoms with Gasteiger partial charge in [0, 0.05) is 12.1 Å². The molecule has 0 aromatic heterocycles. The summed E-state index contributed by atoms with van der Waals surface area (Å²) >= 11 is 0. The maximum absolute atomic E-state index is 12.1. The summed E-state index contributed by atoms with van der Waals surface area (Å²) in [6, 6.07) is 18.8. The molecule has 0 unspecified atom stereocenters. The molecule has 1 heterocycles. The lowest BCUT2D eigenvalue weighted by Crippen LogP contribution is -2.20. The van der Waals surface area contributed by atoms with Gasteiger partial charge in [-0.25, -0.2) is 4.79 Å². The summed E-state index contributed by atoms with van der Waals surface area (Å²) < 4.78 is 10.9. The Morgan fingerprint density at radius 3 is 2.62 bits per heavy atom. The van der Waals surface area contributed by atoms with Crippen molar-refractivity contribution in [2.45, 2.75) is 12.8 Å². The highest BCUT2D eigenvalue weighted by atomic mass is 16.6. The second-order valence-corrected chi connectivity index (χ2v) is 6.14. The normalized spacial score (nSPS) is 13.0. The van der Waals surface area contributed by atoms with Crippen LogP contribution in [0.1, 0.15) is 12.0 Å². The Balaban J connectivity index is 1.38. The first-order chi connectivity index (χ1) is 12.7. The molecule has 130 valence electrons. The number of hydrogen-bond donors (Lipinski definition) is 1. The van der Waals surface area contributed by atoms with E-state index in [4.69, 9.17) is 9.47 Å². The van der Waals surface area contributed by atoms with Crippen molar-refractivity contribution < 1.29 is 19.1 Å². The molecule has 0 aliphatic carbocycles. The summed E-state index contributed by atoms with van der Waals surface area (Å²) in [6.07, 6.45) is 1.08. The van der Waals surface area contributed by atoms with Crippen molar-refractivity contribution >= 4 is 28.3 Å². The van der Waals surface area contributed by atoms with E-state index in [2.05, 4.69) is 5.32 Å². The highest BCUT2D eigenvalue weighted by molar-refractivity contribution is 5.94. The third kappa shape index (κ3) is 3.52. The van der Waals surface area contributed by atoms with E-state index in [0.717, 1.165) is 22.0 Å². The molecule has 26 heavy (non-hydrogen) atoms. The van der Waals surface area contributed by atoms with Crippen molar-refractivity contribution in [1.82, 2.24) is 0 Å². The lowest BCUT2D eigenvalue weighted by molar-refractivity contribution is -0.136. The SMILES string of the molecule is O=C1CCc2cc(OC(=O)COc3ccc4ccccc4c3)ccc2N1. The summed E-state index contributed by atoms with van der Waals surface area (Å²) in [7, 11) is 0. The Morgan fingerprint density at radius 1 is 0.923 bits per heavy atom. The van der Waals surface area contributed by atoms with Crippen LogP contribution in [0, 0.1) is 0 Å². The van der Waals surface area contributed by atoms with Crippen molar-refractivity contribution in [2.75, 3.05) is 11.9 Å². The van der Waals surface area contributed by atoms with E-state index in [9.17, 15) is 9.59 Å². The average molecular weight is 347 g/mol. The van der Waals surface area contributed by atoms with Crippen LogP contribution in [-0.4, -0.2) is 18.5 Å². The zero-order valence-corrected chi connectivity index (χ0v) is 14.0. The molecule has 0 radical (unpaired) electrons. The number of esters is 1. The maximum Gasteiger partial charge on any atom is 0.349 e. The Hall–Kier alpha value is -3.34. The minimum absolute atomic E-state index is 0.00558. The second-order valence-electron chi connectivity index (χ2n) is 6.14. The molecule has 3 aromatic carbocycles. The van der Waals surface area contributed by atoms with Gasteiger partial charge in [-0.05, 0) is 53.1 Å². The van der Waals surface area contributed by atoms with Crippen LogP contribution in [0.5, 0.6) is 11.5 Å². The zero-order valence-electron chi connectivity index (χ0n) is 14.0. The van der Waals surface area contributed by atoms with Gasteiger partial charge in [-0.3, -0.25) is 4.79 Å². The number of carbonyl (C=O) groups is 2. The number of aryl methyl sites for hydroxylation is 1. The Bertz CT molecular complexity index is 996. The monoisotopic (exact) mass is 347 g/mol. The number of anilines is 1. The fraction of sp³-hybridized carbons (Fsp3) is 0.143. The predicted molar refractivity (Wildman–Crippen MR) is 98.5 cm³/mol. The third-order valence-corrected chi connectivity index (χ3v) is 4.28. The number of carbonyl (C=O) groups excluding carboxylic acids is 2. The molecule has 1 aliphatic rings. The van der Waals surface area contributed by atoms with Crippen LogP contribution in [0.25, 0.3) is 10.8 Å². The summed E-state index contributed by atoms with van der Waals surface area (Å²) in [6.45, 7) is -0.174. The number of nitrogens with one attached hydrogen (secondary N) is 1. The van der Waals surface area contributed by atoms with Gasteiger partial charge in [-0.15, -0.1) is 0 Å². The topological polar surface area (TPSA) is 64.6 Å². The van der Waals surface area contributed by atoms with Gasteiger partial charge in [0.1, 0.15) is 11.5 Å². The van der Waals surface area contributed by atoms with Crippen molar-refractivity contribution in [3.05, 3.63) is 66.2 Å². The van der Waals surface area contributed by atoms with Crippen LogP contribution < -0.4 is 14.8 Å². The maximum atomic E-state index is 12.1. The molecule has 0 saturated heterocycles. The largest absolute Gasteiger partial charge is 0.482 e. The quantitative estimate of drug-likeness (QED) is 0.577. The first kappa shape index (κ1) is 16.1. The van der Waals surface area contributed by atoms with Gasteiger partial charge in [0.15, 0.2) is 6.61 Å². The van der Waals surface area contributed by atoms with E-state index >= 15 is 0 Å². The molecule has 5 heteroatoms. The Kier molecular flexibility index (Phi) is 4.27. The van der Waals surface area contributed by atoms with Crippen molar-refractivity contribution in [3.8, 4) is 11.5 Å². The van der Waals surface area contributed by atoms with E-state index in [1.807, 2.05) is 42.5 Å². The number of rotatable bonds is 4. The highest BCUT2D eigenvalue weighted by Crippen LogP contribution is 2.27. The summed E-state index contributed by atoms with van der Waals surface area (Å²) in [5, 5.41) is 4.96. The van der Waals surface area contributed by atoms with Crippen LogP contribution in [0.2, 0.25) is 0 Å². The van der Waals surface area contributed by atoms with Gasteiger partial charge in [0.05, 0.1) is 0 Å². The smallest absolute Gasteiger partial charge is 0.349 e. The van der Waals surface area contributed by atoms with Crippen molar-refractivity contribution in [3.63, 3.8) is 0 Å². The highest BCUT2D eigenvalue weighted by Gasteiger charge is 2.16. The van der Waals surface area contributed by atoms with E-state index in [0.29, 0.717) is 24.3 Å². The molecule has 5 nitrogen and oxygen atoms in total. The molecule has 1 amide bonds. The molecule has 0 fully saturated rings. The molecular weight excluding hydrogens is 330 g/mol. The molecule has 1 aliphatic heterocycles. The zero-order chi connectivity index (χ0) is 17.9. The van der Waals surface area contributed by atoms with Gasteiger partial charge in [-0.1, -0.05) is 30.3 Å². The fourth-order valence-electron chi connectivity index (χ4n) is 2.98. The van der Waals surface area contributed by atoms with Gasteiger partial charge in [0.25, 0.3) is 0 Å². The molecule has 0 saturated carbocycles. The van der Waals surface area contributed by atoms with Crippen molar-refractivity contribution in [2.24, 2.45) is 0 Å². The lowest BCUT2D eigenvalue weighted by Gasteiger charge is -2.17. The van der Waals surface area contributed by atoms with Crippen LogP contribution in [0.3, 0.4) is 0 Å². The van der Waals surface area contributed by atoms with Gasteiger partial charge >= 0.3 is 5.97 Å². The standard InChI is InChI=1S/C21H17NO4/c23-20-10-6-16-12-18(8-9-19(16)22-20)26-21(24)13-25-17-7-5-14-3-1-2-4-15(14)11-17/h1-5,7-9,11-12H,6,10,13H2,(H,22,23). The molecule has 1 N–H and O–H groups in total. The minimum Gasteiger partial charge on any atom is -0.482 e. The summed E-state index contributed by atoms with van der Waals surface area (Å²) in [4.78, 5) is 23.4. The van der Waals surface area contributed by atoms with E-state index in [-0.39, 0.29) is 12.5 Å². The van der Waals surface area contributed by atoms with Gasteiger partial charge < -0.3 is 14.8 Å². The second kappa shape index (κ2) is 6.88. The number of ether oxygens (including phenoxy) is 2. The van der Waals surface area contributed by atoms with Crippen LogP contribution in [-0.2, 0) is 16.0 Å². The van der Waals surface area contributed by atoms with E-state index in [1.54, 1.807) is 18.2 Å². The predicted octanol–water partition coefficient (Wildman–Crippen LogP) is 3.71. The number of fused-ring (bicyclic) bond motifs is 2. The Morgan fingerprint density at radius 2 is 1.73 bits per heavy atom. The van der Waals surface area contributed by atoms with Crippen molar-refractivity contribution in [1.29, 1.82) is 0 Å². The van der Waals surface area contributed by atoms with E-state index < -0.39 is 5.97 Å². The molecule has 0 bridgehead atoms. The first-order valence-corrected chi connectivity index (χ1v) is 8.42. The minimum atomic E-state index is -0.474. The number of amides is 1. The Labute approximate surface area is 150 Å². The molecule has 0 atom stereocenters. The molecule has 3 aromatic rings. The molecule has 0 spiro atoms. The van der Waals surface area contributed by atoms with Gasteiger partial charge in [0.2, 0.25) is 5.91 Å². The van der Waals surface area contributed by atoms with Crippen LogP contribution in [0.15, 0.2) is 60.7 Å². The van der Waals surface area contributed by atoms with Gasteiger partial charge in [-0.2, -0.15) is 0 Å². The lowest BCUT2D eigenvalue weighted by atomic mass is 10.0. The summed E-state index contributed by atoms with van der Waals surface area (Å²) in [5.41, 5.74) is 1.74. The summed E-state index contributed by atoms with van der Waals surface area (Å²) in [5.74, 6) is 0.602. The third-order valence-electron chi connectivity index (χ3n) is 4.28. The van der Waals surface area contributed by atoms with Crippen LogP contribution >= 0.6 is 0 Å². The number of hydrogen-bond acceptors (Lipinski definition) is 4. The fourth-order valence-corrected chi connectivity index (χ4v) is 2.98. The molecule has 4 rings (SSSR count). The molecular formula is C21H17NO4. The average Bonchev–Trinajstić information content (AvgIpc) is 2.66. The first-order valence-electron chi connectivity index (χ1n) is 8.42. The number of benzene rings is 3. The van der Waals surface area contributed by atoms with Crippen LogP contribution in [0.4, 0.5) is 5.69 Å².